The second-order valence-electron chi connectivity index (χ2n) is 6.57. The first kappa shape index (κ1) is 18.1. The highest BCUT2D eigenvalue weighted by molar-refractivity contribution is 5.94. The molecule has 2 heterocycles. The number of carbonyl (C=O) groups is 1. The maximum atomic E-state index is 13.1. The monoisotopic (exact) mass is 385 g/mol. The summed E-state index contributed by atoms with van der Waals surface area (Å²) in [5.41, 5.74) is 0.438. The van der Waals surface area contributed by atoms with E-state index in [0.29, 0.717) is 30.3 Å². The van der Waals surface area contributed by atoms with E-state index in [1.165, 1.54) is 48.5 Å². The largest absolute Gasteiger partial charge is 0.422 e. The second-order valence-corrected chi connectivity index (χ2v) is 6.57. The van der Waals surface area contributed by atoms with Gasteiger partial charge in [-0.15, -0.1) is 0 Å². The van der Waals surface area contributed by atoms with Crippen LogP contribution in [-0.4, -0.2) is 34.0 Å². The van der Waals surface area contributed by atoms with Crippen molar-refractivity contribution >= 4 is 5.91 Å². The minimum absolute atomic E-state index is 0.0311. The second kappa shape index (κ2) is 7.75. The molecule has 4 rings (SSSR count). The van der Waals surface area contributed by atoms with Gasteiger partial charge < -0.3 is 14.2 Å². The van der Waals surface area contributed by atoms with Crippen LogP contribution in [0.2, 0.25) is 0 Å². The zero-order chi connectivity index (χ0) is 19.5. The van der Waals surface area contributed by atoms with Crippen molar-refractivity contribution < 1.29 is 22.8 Å². The number of hydrogen-bond donors (Lipinski definition) is 0. The summed E-state index contributed by atoms with van der Waals surface area (Å²) in [4.78, 5) is 18.6. The number of ether oxygens (including phenoxy) is 1. The van der Waals surface area contributed by atoms with E-state index >= 15 is 0 Å². The van der Waals surface area contributed by atoms with Gasteiger partial charge in [-0.05, 0) is 66.5 Å². The third-order valence-electron chi connectivity index (χ3n) is 4.59. The smallest absolute Gasteiger partial charge is 0.359 e. The lowest BCUT2D eigenvalue weighted by atomic mass is 9.97. The van der Waals surface area contributed by atoms with Gasteiger partial charge in [-0.3, -0.25) is 4.79 Å². The van der Waals surface area contributed by atoms with Crippen LogP contribution in [0.5, 0.6) is 11.8 Å². The molecule has 0 bridgehead atoms. The van der Waals surface area contributed by atoms with Gasteiger partial charge in [0.05, 0.1) is 5.92 Å². The van der Waals surface area contributed by atoms with E-state index in [2.05, 4.69) is 10.1 Å². The molecule has 144 valence electrons. The molecule has 1 aromatic heterocycles. The van der Waals surface area contributed by atoms with Crippen molar-refractivity contribution in [2.45, 2.75) is 18.8 Å². The molecule has 1 fully saturated rings. The van der Waals surface area contributed by atoms with Crippen LogP contribution in [-0.2, 0) is 0 Å². The van der Waals surface area contributed by atoms with Crippen molar-refractivity contribution in [2.75, 3.05) is 13.1 Å². The summed E-state index contributed by atoms with van der Waals surface area (Å²) < 4.78 is 36.8. The van der Waals surface area contributed by atoms with E-state index in [0.717, 1.165) is 12.8 Å². The zero-order valence-electron chi connectivity index (χ0n) is 14.8. The summed E-state index contributed by atoms with van der Waals surface area (Å²) in [6.45, 7) is 1.04. The number of halogens is 2. The first-order valence-corrected chi connectivity index (χ1v) is 8.90. The fourth-order valence-corrected chi connectivity index (χ4v) is 3.17. The van der Waals surface area contributed by atoms with Gasteiger partial charge in [-0.1, -0.05) is 0 Å². The summed E-state index contributed by atoms with van der Waals surface area (Å²) in [6.07, 6.45) is 1.58. The van der Waals surface area contributed by atoms with E-state index in [-0.39, 0.29) is 29.5 Å². The molecule has 1 amide bonds. The maximum Gasteiger partial charge on any atom is 0.359 e. The number of benzene rings is 2. The average Bonchev–Trinajstić information content (AvgIpc) is 3.18. The highest BCUT2D eigenvalue weighted by Gasteiger charge is 2.29. The van der Waals surface area contributed by atoms with E-state index in [9.17, 15) is 13.6 Å². The number of amides is 1. The fourth-order valence-electron chi connectivity index (χ4n) is 3.17. The molecule has 0 saturated carbocycles. The van der Waals surface area contributed by atoms with Crippen LogP contribution in [0.3, 0.4) is 0 Å². The average molecular weight is 385 g/mol. The third-order valence-corrected chi connectivity index (χ3v) is 4.59. The number of piperidine rings is 1. The van der Waals surface area contributed by atoms with E-state index in [1.807, 2.05) is 0 Å². The Bertz CT molecular complexity index is 958. The summed E-state index contributed by atoms with van der Waals surface area (Å²) in [7, 11) is 0. The first-order chi connectivity index (χ1) is 13.6. The van der Waals surface area contributed by atoms with Crippen LogP contribution in [0.4, 0.5) is 8.78 Å². The van der Waals surface area contributed by atoms with Gasteiger partial charge in [-0.25, -0.2) is 8.78 Å². The van der Waals surface area contributed by atoms with Crippen LogP contribution in [0.1, 0.15) is 35.0 Å². The molecular formula is C20H17F2N3O3. The van der Waals surface area contributed by atoms with Crippen LogP contribution in [0, 0.1) is 11.6 Å². The Morgan fingerprint density at radius 1 is 1.07 bits per heavy atom. The summed E-state index contributed by atoms with van der Waals surface area (Å²) in [5, 5.41) is 3.80. The summed E-state index contributed by atoms with van der Waals surface area (Å²) in [5.74, 6) is -0.246. The quantitative estimate of drug-likeness (QED) is 0.675. The predicted octanol–water partition coefficient (Wildman–Crippen LogP) is 4.16. The molecule has 0 aliphatic carbocycles. The summed E-state index contributed by atoms with van der Waals surface area (Å²) in [6, 6.07) is 11.0. The zero-order valence-corrected chi connectivity index (χ0v) is 14.8. The number of carbonyl (C=O) groups excluding carboxylic acids is 1. The SMILES string of the molecule is O=C(c1ccc(F)cc1)N1CCC[C@H](c2nc(Oc3ccc(F)cc3)no2)C1. The van der Waals surface area contributed by atoms with Crippen molar-refractivity contribution in [3.05, 3.63) is 71.6 Å². The third kappa shape index (κ3) is 4.00. The first-order valence-electron chi connectivity index (χ1n) is 8.90. The highest BCUT2D eigenvalue weighted by Crippen LogP contribution is 2.28. The maximum absolute atomic E-state index is 13.1. The molecule has 0 radical (unpaired) electrons. The molecule has 1 aliphatic rings. The molecular weight excluding hydrogens is 368 g/mol. The van der Waals surface area contributed by atoms with Gasteiger partial charge in [0.2, 0.25) is 5.89 Å². The Morgan fingerprint density at radius 3 is 2.46 bits per heavy atom. The lowest BCUT2D eigenvalue weighted by Crippen LogP contribution is -2.39. The van der Waals surface area contributed by atoms with E-state index < -0.39 is 0 Å². The molecule has 28 heavy (non-hydrogen) atoms. The minimum atomic E-state index is -0.382. The lowest BCUT2D eigenvalue weighted by molar-refractivity contribution is 0.0695. The Kier molecular flexibility index (Phi) is 5.01. The lowest BCUT2D eigenvalue weighted by Gasteiger charge is -2.31. The van der Waals surface area contributed by atoms with Gasteiger partial charge in [-0.2, -0.15) is 4.98 Å². The molecule has 2 aromatic carbocycles. The fraction of sp³-hybridized carbons (Fsp3) is 0.250. The molecule has 1 saturated heterocycles. The van der Waals surface area contributed by atoms with Crippen molar-refractivity contribution in [1.29, 1.82) is 0 Å². The van der Waals surface area contributed by atoms with Crippen LogP contribution in [0.15, 0.2) is 53.1 Å². The van der Waals surface area contributed by atoms with Crippen molar-refractivity contribution in [3.63, 3.8) is 0 Å². The van der Waals surface area contributed by atoms with Gasteiger partial charge in [0.1, 0.15) is 17.4 Å². The highest BCUT2D eigenvalue weighted by atomic mass is 19.1. The Hall–Kier alpha value is -3.29. The van der Waals surface area contributed by atoms with E-state index in [1.54, 1.807) is 4.90 Å². The molecule has 1 atom stereocenters. The molecule has 8 heteroatoms. The Morgan fingerprint density at radius 2 is 1.75 bits per heavy atom. The van der Waals surface area contributed by atoms with Crippen LogP contribution in [0.25, 0.3) is 0 Å². The molecule has 3 aromatic rings. The van der Waals surface area contributed by atoms with Crippen LogP contribution < -0.4 is 4.74 Å². The number of rotatable bonds is 4. The van der Waals surface area contributed by atoms with Gasteiger partial charge in [0, 0.05) is 18.7 Å². The topological polar surface area (TPSA) is 68.5 Å². The van der Waals surface area contributed by atoms with Crippen LogP contribution >= 0.6 is 0 Å². The number of likely N-dealkylation sites (tertiary alicyclic amines) is 1. The van der Waals surface area contributed by atoms with Crippen molar-refractivity contribution in [2.24, 2.45) is 0 Å². The number of nitrogens with zero attached hydrogens (tertiary/aromatic N) is 3. The Labute approximate surface area is 159 Å². The normalized spacial score (nSPS) is 16.8. The molecule has 0 unspecified atom stereocenters. The molecule has 0 spiro atoms. The van der Waals surface area contributed by atoms with Gasteiger partial charge in [0.25, 0.3) is 5.91 Å². The van der Waals surface area contributed by atoms with Gasteiger partial charge >= 0.3 is 6.01 Å². The number of hydrogen-bond acceptors (Lipinski definition) is 5. The standard InChI is InChI=1S/C20H17F2N3O3/c21-15-5-3-13(4-6-15)19(26)25-11-1-2-14(12-25)18-23-20(24-28-18)27-17-9-7-16(22)8-10-17/h3-10,14H,1-2,11-12H2/t14-/m0/s1. The summed E-state index contributed by atoms with van der Waals surface area (Å²) >= 11 is 0. The van der Waals surface area contributed by atoms with Crippen molar-refractivity contribution in [1.82, 2.24) is 15.0 Å². The molecule has 6 nitrogen and oxygen atoms in total. The molecule has 1 aliphatic heterocycles. The van der Waals surface area contributed by atoms with E-state index in [4.69, 9.17) is 9.26 Å². The Balaban J connectivity index is 1.43. The van der Waals surface area contributed by atoms with Crippen molar-refractivity contribution in [3.8, 4) is 11.8 Å². The minimum Gasteiger partial charge on any atom is -0.422 e. The number of aromatic nitrogens is 2. The predicted molar refractivity (Wildman–Crippen MR) is 95.1 cm³/mol. The molecule has 0 N–H and O–H groups in total. The van der Waals surface area contributed by atoms with Gasteiger partial charge in [0.15, 0.2) is 0 Å².